The van der Waals surface area contributed by atoms with Crippen molar-refractivity contribution in [2.75, 3.05) is 7.11 Å². The molecule has 1 heterocycles. The lowest BCUT2D eigenvalue weighted by molar-refractivity contribution is -0.145. The fourth-order valence-electron chi connectivity index (χ4n) is 4.38. The summed E-state index contributed by atoms with van der Waals surface area (Å²) in [6.07, 6.45) is 0.0180. The average Bonchev–Trinajstić information content (AvgIpc) is 2.98. The van der Waals surface area contributed by atoms with Gasteiger partial charge in [0.15, 0.2) is 0 Å². The molecule has 0 spiro atoms. The summed E-state index contributed by atoms with van der Waals surface area (Å²) in [4.78, 5) is 12.9. The number of esters is 1. The molecule has 2 aromatic rings. The Labute approximate surface area is 166 Å². The van der Waals surface area contributed by atoms with E-state index in [1.54, 1.807) is 26.0 Å². The monoisotopic (exact) mass is 411 g/mol. The molecule has 2 atom stereocenters. The Kier molecular flexibility index (Phi) is 4.90. The van der Waals surface area contributed by atoms with Gasteiger partial charge in [-0.25, -0.2) is 0 Å². The molecule has 0 radical (unpaired) electrons. The molecule has 2 unspecified atom stereocenters. The molecule has 3 rings (SSSR count). The predicted octanol–water partition coefficient (Wildman–Crippen LogP) is 5.54. The zero-order valence-corrected chi connectivity index (χ0v) is 16.7. The first-order valence-corrected chi connectivity index (χ1v) is 9.13. The van der Waals surface area contributed by atoms with Gasteiger partial charge < -0.3 is 9.30 Å². The van der Waals surface area contributed by atoms with Crippen molar-refractivity contribution in [3.63, 3.8) is 0 Å². The number of ether oxygens (including phenoxy) is 1. The summed E-state index contributed by atoms with van der Waals surface area (Å²) in [6, 6.07) is 9.21. The highest BCUT2D eigenvalue weighted by atomic mass is 35.5. The Morgan fingerprint density at radius 2 is 1.82 bits per heavy atom. The standard InChI is InChI=1S/C21H21ClF3NO2/c1-13-14(8-7-9-15(13)26-10-5-6-11-26)20(18(27)28-4)16(19(20,2)3)12-17(22)21(23,24)25/h5-12,16H,1-4H3/b17-12+. The molecule has 150 valence electrons. The van der Waals surface area contributed by atoms with Crippen molar-refractivity contribution < 1.29 is 22.7 Å². The Morgan fingerprint density at radius 1 is 1.21 bits per heavy atom. The summed E-state index contributed by atoms with van der Waals surface area (Å²) in [5, 5.41) is -1.23. The van der Waals surface area contributed by atoms with Gasteiger partial charge in [0.05, 0.1) is 7.11 Å². The second kappa shape index (κ2) is 6.69. The lowest BCUT2D eigenvalue weighted by atomic mass is 9.84. The summed E-state index contributed by atoms with van der Waals surface area (Å²) >= 11 is 5.51. The number of alkyl halides is 3. The summed E-state index contributed by atoms with van der Waals surface area (Å²) in [7, 11) is 1.25. The maximum atomic E-state index is 13.0. The van der Waals surface area contributed by atoms with Crippen molar-refractivity contribution in [3.05, 3.63) is 65.0 Å². The third kappa shape index (κ3) is 2.85. The van der Waals surface area contributed by atoms with Crippen molar-refractivity contribution in [1.82, 2.24) is 4.57 Å². The van der Waals surface area contributed by atoms with Gasteiger partial charge in [-0.15, -0.1) is 0 Å². The van der Waals surface area contributed by atoms with Crippen LogP contribution >= 0.6 is 11.6 Å². The van der Waals surface area contributed by atoms with Gasteiger partial charge in [-0.2, -0.15) is 13.2 Å². The fourth-order valence-corrected chi connectivity index (χ4v) is 4.50. The Balaban J connectivity index is 2.21. The molecule has 1 aromatic carbocycles. The van der Waals surface area contributed by atoms with Gasteiger partial charge >= 0.3 is 12.1 Å². The minimum Gasteiger partial charge on any atom is -0.468 e. The molecule has 28 heavy (non-hydrogen) atoms. The molecule has 0 saturated heterocycles. The Bertz CT molecular complexity index is 932. The summed E-state index contributed by atoms with van der Waals surface area (Å²) in [6.45, 7) is 5.37. The van der Waals surface area contributed by atoms with E-state index < -0.39 is 33.9 Å². The molecular formula is C21H21ClF3NO2. The van der Waals surface area contributed by atoms with Crippen molar-refractivity contribution >= 4 is 17.6 Å². The van der Waals surface area contributed by atoms with Crippen molar-refractivity contribution in [1.29, 1.82) is 0 Å². The van der Waals surface area contributed by atoms with Crippen LogP contribution in [0.3, 0.4) is 0 Å². The van der Waals surface area contributed by atoms with Crippen LogP contribution in [0.2, 0.25) is 0 Å². The van der Waals surface area contributed by atoms with E-state index >= 15 is 0 Å². The number of nitrogens with zero attached hydrogens (tertiary/aromatic N) is 1. The molecule has 0 amide bonds. The number of carbonyl (C=O) groups is 1. The van der Waals surface area contributed by atoms with E-state index in [2.05, 4.69) is 0 Å². The smallest absolute Gasteiger partial charge is 0.426 e. The van der Waals surface area contributed by atoms with E-state index in [0.717, 1.165) is 17.3 Å². The zero-order valence-electron chi connectivity index (χ0n) is 16.0. The highest BCUT2D eigenvalue weighted by Crippen LogP contribution is 2.71. The quantitative estimate of drug-likeness (QED) is 0.619. The first-order valence-electron chi connectivity index (χ1n) is 8.76. The Morgan fingerprint density at radius 3 is 2.36 bits per heavy atom. The molecule has 1 aliphatic rings. The van der Waals surface area contributed by atoms with Crippen LogP contribution in [-0.4, -0.2) is 23.8 Å². The lowest BCUT2D eigenvalue weighted by Crippen LogP contribution is -2.29. The molecular weight excluding hydrogens is 391 g/mol. The van der Waals surface area contributed by atoms with Crippen molar-refractivity contribution in [2.45, 2.75) is 32.4 Å². The second-order valence-electron chi connectivity index (χ2n) is 7.55. The normalized spacial score (nSPS) is 24.1. The topological polar surface area (TPSA) is 31.2 Å². The van der Waals surface area contributed by atoms with E-state index in [-0.39, 0.29) is 0 Å². The van der Waals surface area contributed by atoms with Crippen LogP contribution < -0.4 is 0 Å². The van der Waals surface area contributed by atoms with Gasteiger partial charge in [0.25, 0.3) is 0 Å². The Hall–Kier alpha value is -2.21. The first kappa shape index (κ1) is 20.5. The third-order valence-electron chi connectivity index (χ3n) is 5.88. The number of halogens is 4. The molecule has 1 fully saturated rings. The van der Waals surface area contributed by atoms with Crippen molar-refractivity contribution in [2.24, 2.45) is 11.3 Å². The maximum absolute atomic E-state index is 13.0. The number of aromatic nitrogens is 1. The number of allylic oxidation sites excluding steroid dienone is 2. The van der Waals surface area contributed by atoms with Crippen LogP contribution in [0.15, 0.2) is 53.8 Å². The van der Waals surface area contributed by atoms with Gasteiger partial charge in [0.1, 0.15) is 10.4 Å². The van der Waals surface area contributed by atoms with E-state index in [9.17, 15) is 18.0 Å². The number of hydrogen-bond acceptors (Lipinski definition) is 2. The fraction of sp³-hybridized carbons (Fsp3) is 0.381. The molecule has 1 aromatic heterocycles. The summed E-state index contributed by atoms with van der Waals surface area (Å²) < 4.78 is 46.1. The summed E-state index contributed by atoms with van der Waals surface area (Å²) in [5.41, 5.74) is 0.240. The molecule has 3 nitrogen and oxygen atoms in total. The maximum Gasteiger partial charge on any atom is 0.426 e. The van der Waals surface area contributed by atoms with Crippen LogP contribution in [0.4, 0.5) is 13.2 Å². The van der Waals surface area contributed by atoms with Gasteiger partial charge in [-0.1, -0.05) is 43.7 Å². The van der Waals surface area contributed by atoms with E-state index in [4.69, 9.17) is 16.3 Å². The molecule has 0 bridgehead atoms. The summed E-state index contributed by atoms with van der Waals surface area (Å²) in [5.74, 6) is -1.32. The van der Waals surface area contributed by atoms with Crippen LogP contribution in [0.1, 0.15) is 25.0 Å². The predicted molar refractivity (Wildman–Crippen MR) is 101 cm³/mol. The molecule has 0 N–H and O–H groups in total. The van der Waals surface area contributed by atoms with Crippen molar-refractivity contribution in [3.8, 4) is 5.69 Å². The number of benzene rings is 1. The minimum absolute atomic E-state index is 0.571. The van der Waals surface area contributed by atoms with Crippen LogP contribution in [0.5, 0.6) is 0 Å². The minimum atomic E-state index is -4.66. The molecule has 0 aliphatic heterocycles. The van der Waals surface area contributed by atoms with Crippen LogP contribution in [0.25, 0.3) is 5.69 Å². The zero-order chi connectivity index (χ0) is 20.9. The van der Waals surface area contributed by atoms with Crippen LogP contribution in [-0.2, 0) is 14.9 Å². The number of carbonyl (C=O) groups excluding carboxylic acids is 1. The molecule has 1 saturated carbocycles. The highest BCUT2D eigenvalue weighted by molar-refractivity contribution is 6.30. The number of hydrogen-bond donors (Lipinski definition) is 0. The van der Waals surface area contributed by atoms with Gasteiger partial charge in [-0.05, 0) is 41.7 Å². The SMILES string of the molecule is COC(=O)C1(c2cccc(-n3cccc3)c2C)C(/C=C(/Cl)C(F)(F)F)C1(C)C. The third-order valence-corrected chi connectivity index (χ3v) is 6.22. The molecule has 1 aliphatic carbocycles. The molecule has 7 heteroatoms. The van der Waals surface area contributed by atoms with Gasteiger partial charge in [0.2, 0.25) is 0 Å². The highest BCUT2D eigenvalue weighted by Gasteiger charge is 2.76. The van der Waals surface area contributed by atoms with Gasteiger partial charge in [-0.3, -0.25) is 4.79 Å². The van der Waals surface area contributed by atoms with E-state index in [0.29, 0.717) is 5.56 Å². The van der Waals surface area contributed by atoms with E-state index in [1.807, 2.05) is 42.1 Å². The number of methoxy groups -OCH3 is 1. The first-order chi connectivity index (χ1) is 13.0. The second-order valence-corrected chi connectivity index (χ2v) is 7.96. The largest absolute Gasteiger partial charge is 0.468 e. The van der Waals surface area contributed by atoms with E-state index in [1.165, 1.54) is 7.11 Å². The number of rotatable bonds is 4. The van der Waals surface area contributed by atoms with Crippen LogP contribution in [0, 0.1) is 18.3 Å². The average molecular weight is 412 g/mol. The lowest BCUT2D eigenvalue weighted by Gasteiger charge is -2.22. The van der Waals surface area contributed by atoms with Gasteiger partial charge in [0, 0.05) is 24.0 Å².